The first-order chi connectivity index (χ1) is 16.9. The molecule has 2 heterocycles. The molecule has 180 valence electrons. The second kappa shape index (κ2) is 10.6. The van der Waals surface area contributed by atoms with E-state index in [1.807, 2.05) is 55.9 Å². The quantitative estimate of drug-likeness (QED) is 0.335. The number of nitrogens with one attached hydrogen (secondary N) is 2. The number of benzene rings is 2. The second-order valence-corrected chi connectivity index (χ2v) is 8.75. The molecule has 9 heteroatoms. The normalized spacial score (nSPS) is 10.9. The number of amides is 1. The van der Waals surface area contributed by atoms with E-state index in [1.165, 1.54) is 0 Å². The number of halogens is 1. The number of nitrogens with zero attached hydrogens (tertiary/aromatic N) is 4. The largest absolute Gasteiger partial charge is 0.495 e. The Bertz CT molecular complexity index is 1350. The van der Waals surface area contributed by atoms with Crippen molar-refractivity contribution in [1.29, 1.82) is 0 Å². The lowest BCUT2D eigenvalue weighted by atomic mass is 10.1. The van der Waals surface area contributed by atoms with E-state index in [-0.39, 0.29) is 11.9 Å². The van der Waals surface area contributed by atoms with Crippen LogP contribution in [-0.4, -0.2) is 32.8 Å². The Kier molecular flexibility index (Phi) is 7.31. The van der Waals surface area contributed by atoms with Crippen molar-refractivity contribution in [2.75, 3.05) is 12.4 Å². The van der Waals surface area contributed by atoms with E-state index in [9.17, 15) is 4.79 Å². The number of methoxy groups -OCH3 is 1. The highest BCUT2D eigenvalue weighted by molar-refractivity contribution is 6.32. The van der Waals surface area contributed by atoms with Gasteiger partial charge in [0.1, 0.15) is 5.75 Å². The predicted octanol–water partition coefficient (Wildman–Crippen LogP) is 5.57. The molecule has 2 N–H and O–H groups in total. The summed E-state index contributed by atoms with van der Waals surface area (Å²) in [6.45, 7) is 6.56. The molecule has 0 atom stereocenters. The highest BCUT2D eigenvalue weighted by Crippen LogP contribution is 2.31. The molecule has 4 aromatic rings. The summed E-state index contributed by atoms with van der Waals surface area (Å²) >= 11 is 6.36. The van der Waals surface area contributed by atoms with Crippen molar-refractivity contribution in [1.82, 2.24) is 25.1 Å². The van der Waals surface area contributed by atoms with Gasteiger partial charge in [0.05, 0.1) is 35.9 Å². The third-order valence-electron chi connectivity index (χ3n) is 5.56. The highest BCUT2D eigenvalue weighted by Gasteiger charge is 2.15. The summed E-state index contributed by atoms with van der Waals surface area (Å²) in [4.78, 5) is 21.6. The van der Waals surface area contributed by atoms with Crippen LogP contribution in [0.4, 0.5) is 11.6 Å². The van der Waals surface area contributed by atoms with Crippen LogP contribution in [0.15, 0.2) is 61.1 Å². The van der Waals surface area contributed by atoms with Gasteiger partial charge in [0.15, 0.2) is 0 Å². The van der Waals surface area contributed by atoms with Crippen LogP contribution in [-0.2, 0) is 6.54 Å². The SMILES string of the molecule is COc1cc(C(=O)NCc2ccccc2C)ccc1Nc1ncc(Cl)c(-c2cnn(C(C)C)c2)n1. The third kappa shape index (κ3) is 5.60. The number of ether oxygens (including phenoxy) is 1. The number of hydrogen-bond donors (Lipinski definition) is 2. The summed E-state index contributed by atoms with van der Waals surface area (Å²) in [7, 11) is 1.55. The average molecular weight is 491 g/mol. The molecule has 0 unspecified atom stereocenters. The monoisotopic (exact) mass is 490 g/mol. The summed E-state index contributed by atoms with van der Waals surface area (Å²) in [6, 6.07) is 13.3. The summed E-state index contributed by atoms with van der Waals surface area (Å²) < 4.78 is 7.36. The summed E-state index contributed by atoms with van der Waals surface area (Å²) in [6.07, 6.45) is 5.16. The topological polar surface area (TPSA) is 94.0 Å². The fourth-order valence-electron chi connectivity index (χ4n) is 3.51. The fraction of sp³-hybridized carbons (Fsp3) is 0.231. The van der Waals surface area contributed by atoms with Gasteiger partial charge < -0.3 is 15.4 Å². The minimum absolute atomic E-state index is 0.190. The molecule has 1 amide bonds. The average Bonchev–Trinajstić information content (AvgIpc) is 3.35. The van der Waals surface area contributed by atoms with Gasteiger partial charge in [-0.15, -0.1) is 0 Å². The van der Waals surface area contributed by atoms with Crippen molar-refractivity contribution in [3.8, 4) is 17.0 Å². The molecule has 0 bridgehead atoms. The molecule has 0 aliphatic rings. The minimum Gasteiger partial charge on any atom is -0.495 e. The van der Waals surface area contributed by atoms with E-state index >= 15 is 0 Å². The first kappa shape index (κ1) is 24.2. The Hall–Kier alpha value is -3.91. The molecule has 2 aromatic carbocycles. The van der Waals surface area contributed by atoms with Gasteiger partial charge in [-0.2, -0.15) is 5.10 Å². The maximum Gasteiger partial charge on any atom is 0.251 e. The number of aromatic nitrogens is 4. The van der Waals surface area contributed by atoms with Crippen LogP contribution in [0.2, 0.25) is 5.02 Å². The van der Waals surface area contributed by atoms with Gasteiger partial charge >= 0.3 is 0 Å². The lowest BCUT2D eigenvalue weighted by Gasteiger charge is -2.13. The summed E-state index contributed by atoms with van der Waals surface area (Å²) in [5.74, 6) is 0.642. The lowest BCUT2D eigenvalue weighted by Crippen LogP contribution is -2.23. The van der Waals surface area contributed by atoms with Crippen molar-refractivity contribution in [3.63, 3.8) is 0 Å². The van der Waals surface area contributed by atoms with E-state index in [0.29, 0.717) is 40.2 Å². The number of carbonyl (C=O) groups is 1. The van der Waals surface area contributed by atoms with Gasteiger partial charge in [-0.3, -0.25) is 9.48 Å². The van der Waals surface area contributed by atoms with Gasteiger partial charge in [-0.25, -0.2) is 9.97 Å². The Morgan fingerprint density at radius 3 is 2.69 bits per heavy atom. The molecule has 4 rings (SSSR count). The Labute approximate surface area is 209 Å². The maximum absolute atomic E-state index is 12.7. The fourth-order valence-corrected chi connectivity index (χ4v) is 3.71. The van der Waals surface area contributed by atoms with Gasteiger partial charge in [-0.05, 0) is 50.1 Å². The molecule has 0 radical (unpaired) electrons. The molecule has 0 fully saturated rings. The Morgan fingerprint density at radius 1 is 1.17 bits per heavy atom. The zero-order valence-electron chi connectivity index (χ0n) is 20.0. The first-order valence-electron chi connectivity index (χ1n) is 11.2. The minimum atomic E-state index is -0.190. The zero-order chi connectivity index (χ0) is 24.9. The van der Waals surface area contributed by atoms with Gasteiger partial charge in [0, 0.05) is 29.9 Å². The number of anilines is 2. The molecular formula is C26H27ClN6O2. The van der Waals surface area contributed by atoms with Crippen LogP contribution in [0, 0.1) is 6.92 Å². The van der Waals surface area contributed by atoms with Crippen LogP contribution in [0.1, 0.15) is 41.4 Å². The van der Waals surface area contributed by atoms with Gasteiger partial charge in [0.2, 0.25) is 5.95 Å². The molecule has 0 aliphatic carbocycles. The molecule has 0 saturated heterocycles. The molecule has 0 saturated carbocycles. The van der Waals surface area contributed by atoms with Crippen LogP contribution in [0.3, 0.4) is 0 Å². The molecule has 0 spiro atoms. The predicted molar refractivity (Wildman–Crippen MR) is 137 cm³/mol. The van der Waals surface area contributed by atoms with Crippen molar-refractivity contribution >= 4 is 29.1 Å². The van der Waals surface area contributed by atoms with E-state index in [0.717, 1.165) is 16.7 Å². The summed E-state index contributed by atoms with van der Waals surface area (Å²) in [5, 5.41) is 10.9. The van der Waals surface area contributed by atoms with E-state index in [4.69, 9.17) is 16.3 Å². The van der Waals surface area contributed by atoms with Crippen LogP contribution in [0.25, 0.3) is 11.3 Å². The van der Waals surface area contributed by atoms with E-state index in [1.54, 1.807) is 37.7 Å². The van der Waals surface area contributed by atoms with Crippen molar-refractivity contribution in [3.05, 3.63) is 82.8 Å². The molecule has 8 nitrogen and oxygen atoms in total. The zero-order valence-corrected chi connectivity index (χ0v) is 20.8. The van der Waals surface area contributed by atoms with Crippen molar-refractivity contribution in [2.24, 2.45) is 0 Å². The smallest absolute Gasteiger partial charge is 0.251 e. The number of aryl methyl sites for hydroxylation is 1. The Balaban J connectivity index is 1.51. The molecular weight excluding hydrogens is 464 g/mol. The highest BCUT2D eigenvalue weighted by atomic mass is 35.5. The van der Waals surface area contributed by atoms with Crippen LogP contribution >= 0.6 is 11.6 Å². The second-order valence-electron chi connectivity index (χ2n) is 8.34. The van der Waals surface area contributed by atoms with E-state index < -0.39 is 0 Å². The standard InChI is InChI=1S/C26H27ClN6O2/c1-16(2)33-15-20(13-30-33)24-21(27)14-29-26(32-24)31-22-10-9-18(11-23(22)35-4)25(34)28-12-19-8-6-5-7-17(19)3/h5-11,13-16H,12H2,1-4H3,(H,28,34)(H,29,31,32). The van der Waals surface area contributed by atoms with E-state index in [2.05, 4.69) is 25.7 Å². The lowest BCUT2D eigenvalue weighted by molar-refractivity contribution is 0.0950. The third-order valence-corrected chi connectivity index (χ3v) is 5.84. The first-order valence-corrected chi connectivity index (χ1v) is 11.6. The van der Waals surface area contributed by atoms with Gasteiger partial charge in [-0.1, -0.05) is 35.9 Å². The number of rotatable bonds is 8. The van der Waals surface area contributed by atoms with Crippen LogP contribution < -0.4 is 15.4 Å². The summed E-state index contributed by atoms with van der Waals surface area (Å²) in [5.41, 5.74) is 4.67. The van der Waals surface area contributed by atoms with Crippen LogP contribution in [0.5, 0.6) is 5.75 Å². The molecule has 2 aromatic heterocycles. The molecule has 35 heavy (non-hydrogen) atoms. The Morgan fingerprint density at radius 2 is 1.97 bits per heavy atom. The van der Waals surface area contributed by atoms with Gasteiger partial charge in [0.25, 0.3) is 5.91 Å². The molecule has 0 aliphatic heterocycles. The van der Waals surface area contributed by atoms with Crippen molar-refractivity contribution < 1.29 is 9.53 Å². The number of hydrogen-bond acceptors (Lipinski definition) is 6. The van der Waals surface area contributed by atoms with Crippen molar-refractivity contribution in [2.45, 2.75) is 33.4 Å². The number of carbonyl (C=O) groups excluding carboxylic acids is 1. The maximum atomic E-state index is 12.7.